The van der Waals surface area contributed by atoms with E-state index in [1.165, 1.54) is 0 Å². The molecule has 2 aromatic carbocycles. The Morgan fingerprint density at radius 1 is 0.609 bits per heavy atom. The summed E-state index contributed by atoms with van der Waals surface area (Å²) in [4.78, 5) is 0. The number of rotatable bonds is 4. The van der Waals surface area contributed by atoms with Crippen molar-refractivity contribution in [3.63, 3.8) is 0 Å². The van der Waals surface area contributed by atoms with Crippen molar-refractivity contribution in [3.05, 3.63) is 53.5 Å². The molecule has 0 N–H and O–H groups in total. The van der Waals surface area contributed by atoms with Gasteiger partial charge in [0.15, 0.2) is 0 Å². The Morgan fingerprint density at radius 2 is 1.13 bits per heavy atom. The summed E-state index contributed by atoms with van der Waals surface area (Å²) in [5.41, 5.74) is 1.15. The van der Waals surface area contributed by atoms with Crippen LogP contribution in [0.1, 0.15) is 5.56 Å². The van der Waals surface area contributed by atoms with Crippen molar-refractivity contribution in [3.8, 4) is 5.75 Å². The summed E-state index contributed by atoms with van der Waals surface area (Å²) in [6, 6.07) is 4.01. The van der Waals surface area contributed by atoms with Gasteiger partial charge in [-0.25, -0.2) is 0 Å². The van der Waals surface area contributed by atoms with Crippen molar-refractivity contribution in [1.29, 1.82) is 0 Å². The van der Waals surface area contributed by atoms with Crippen LogP contribution in [0.3, 0.4) is 0 Å². The first-order valence-corrected chi connectivity index (χ1v) is 12.4. The Morgan fingerprint density at radius 3 is 1.74 bits per heavy atom. The molecule has 0 heterocycles. The van der Waals surface area contributed by atoms with Gasteiger partial charge in [0, 0.05) is 33.3 Å². The summed E-state index contributed by atoms with van der Waals surface area (Å²) < 4.78 is 13.6. The number of hydrogen-bond acceptors (Lipinski definition) is 1. The van der Waals surface area contributed by atoms with E-state index in [0.29, 0.717) is 6.61 Å². The minimum atomic E-state index is 0.554. The van der Waals surface area contributed by atoms with Crippen molar-refractivity contribution in [1.82, 2.24) is 0 Å². The molecule has 0 aromatic heterocycles. The molecule has 0 amide bonds. The van der Waals surface area contributed by atoms with Gasteiger partial charge >= 0.3 is 0 Å². The molecule has 9 heteroatoms. The van der Waals surface area contributed by atoms with E-state index < -0.39 is 0 Å². The lowest BCUT2D eigenvalue weighted by Crippen LogP contribution is -2.03. The summed E-state index contributed by atoms with van der Waals surface area (Å²) in [7, 11) is 0. The first-order valence-electron chi connectivity index (χ1n) is 6.01. The second kappa shape index (κ2) is 9.33. The van der Waals surface area contributed by atoms with Crippen molar-refractivity contribution in [2.24, 2.45) is 0 Å². The van der Waals surface area contributed by atoms with Crippen LogP contribution in [-0.4, -0.2) is 6.61 Å². The third-order valence-electron chi connectivity index (χ3n) is 2.88. The molecule has 0 aliphatic rings. The Balaban J connectivity index is 2.15. The minimum absolute atomic E-state index is 0.554. The van der Waals surface area contributed by atoms with E-state index in [1.54, 1.807) is 0 Å². The maximum atomic E-state index is 5.93. The Bertz CT molecular complexity index is 696. The largest absolute Gasteiger partial charge is 0.492 e. The van der Waals surface area contributed by atoms with Gasteiger partial charge in [-0.2, -0.15) is 0 Å². The van der Waals surface area contributed by atoms with Crippen molar-refractivity contribution >= 4 is 127 Å². The molecule has 1 nitrogen and oxygen atoms in total. The molecule has 0 aliphatic heterocycles. The Kier molecular flexibility index (Phi) is 8.67. The van der Waals surface area contributed by atoms with Gasteiger partial charge in [-0.05, 0) is 145 Å². The molecular formula is C14H6Br8O. The van der Waals surface area contributed by atoms with Crippen molar-refractivity contribution in [2.75, 3.05) is 6.61 Å². The zero-order chi connectivity index (χ0) is 17.3. The molecule has 0 saturated heterocycles. The van der Waals surface area contributed by atoms with E-state index in [1.807, 2.05) is 6.07 Å². The van der Waals surface area contributed by atoms with E-state index in [0.717, 1.165) is 53.5 Å². The maximum Gasteiger partial charge on any atom is 0.135 e. The average molecular weight is 829 g/mol. The number of ether oxygens (including phenoxy) is 1. The normalized spacial score (nSPS) is 11.0. The molecule has 124 valence electrons. The summed E-state index contributed by atoms with van der Waals surface area (Å²) >= 11 is 28.3. The molecule has 0 aliphatic carbocycles. The summed E-state index contributed by atoms with van der Waals surface area (Å²) in [6.07, 6.45) is 0.767. The molecule has 2 aromatic rings. The summed E-state index contributed by atoms with van der Waals surface area (Å²) in [5.74, 6) is 0.776. The van der Waals surface area contributed by atoms with Gasteiger partial charge in [-0.15, -0.1) is 0 Å². The SMILES string of the molecule is Brc1cc(CCOc2cc(Br)c(Br)c(Br)c2Br)c(Br)c(Br)c1Br. The fourth-order valence-corrected chi connectivity index (χ4v) is 6.12. The first-order chi connectivity index (χ1) is 10.7. The van der Waals surface area contributed by atoms with E-state index in [9.17, 15) is 0 Å². The molecule has 0 fully saturated rings. The summed E-state index contributed by atoms with van der Waals surface area (Å²) in [6.45, 7) is 0.554. The van der Waals surface area contributed by atoms with Crippen LogP contribution in [0.25, 0.3) is 0 Å². The standard InChI is InChI=1S/C14H6Br8O/c15-6-3-5(9(17)13(21)10(6)18)1-2-23-8-4-7(16)11(19)14(22)12(8)20/h3-4H,1-2H2. The van der Waals surface area contributed by atoms with Gasteiger partial charge in [0.2, 0.25) is 0 Å². The topological polar surface area (TPSA) is 9.23 Å². The highest BCUT2D eigenvalue weighted by Gasteiger charge is 2.14. The molecule has 2 rings (SSSR count). The fourth-order valence-electron chi connectivity index (χ4n) is 1.73. The number of hydrogen-bond donors (Lipinski definition) is 0. The number of benzene rings is 2. The Labute approximate surface area is 201 Å². The molecule has 0 bridgehead atoms. The third-order valence-corrected chi connectivity index (χ3v) is 12.2. The van der Waals surface area contributed by atoms with Gasteiger partial charge in [-0.3, -0.25) is 0 Å². The molecule has 0 saturated carbocycles. The Hall–Kier alpha value is 2.08. The van der Waals surface area contributed by atoms with Gasteiger partial charge in [0.1, 0.15) is 5.75 Å². The van der Waals surface area contributed by atoms with Crippen LogP contribution in [0.4, 0.5) is 0 Å². The fraction of sp³-hybridized carbons (Fsp3) is 0.143. The van der Waals surface area contributed by atoms with Crippen LogP contribution < -0.4 is 4.74 Å². The predicted molar refractivity (Wildman–Crippen MR) is 124 cm³/mol. The van der Waals surface area contributed by atoms with Gasteiger partial charge in [0.25, 0.3) is 0 Å². The zero-order valence-electron chi connectivity index (χ0n) is 11.0. The third kappa shape index (κ3) is 5.08. The van der Waals surface area contributed by atoms with E-state index in [2.05, 4.69) is 134 Å². The lowest BCUT2D eigenvalue weighted by Gasteiger charge is -2.13. The van der Waals surface area contributed by atoms with Gasteiger partial charge in [-0.1, -0.05) is 0 Å². The molecule has 0 atom stereocenters. The second-order valence-corrected chi connectivity index (χ2v) is 10.8. The van der Waals surface area contributed by atoms with Gasteiger partial charge in [0.05, 0.1) is 15.6 Å². The van der Waals surface area contributed by atoms with E-state index >= 15 is 0 Å². The zero-order valence-corrected chi connectivity index (χ0v) is 23.7. The average Bonchev–Trinajstić information content (AvgIpc) is 2.52. The maximum absolute atomic E-state index is 5.93. The lowest BCUT2D eigenvalue weighted by molar-refractivity contribution is 0.319. The monoisotopic (exact) mass is 821 g/mol. The highest BCUT2D eigenvalue weighted by atomic mass is 79.9. The highest BCUT2D eigenvalue weighted by molar-refractivity contribution is 9.15. The molecule has 0 unspecified atom stereocenters. The van der Waals surface area contributed by atoms with E-state index in [-0.39, 0.29) is 0 Å². The second-order valence-electron chi connectivity index (χ2n) is 4.36. The van der Waals surface area contributed by atoms with E-state index in [4.69, 9.17) is 4.74 Å². The number of halogens is 8. The van der Waals surface area contributed by atoms with Gasteiger partial charge < -0.3 is 4.74 Å². The first kappa shape index (κ1) is 21.4. The van der Waals surface area contributed by atoms with Crippen molar-refractivity contribution < 1.29 is 4.74 Å². The molecular weight excluding hydrogens is 823 g/mol. The van der Waals surface area contributed by atoms with Crippen LogP contribution in [0.5, 0.6) is 5.75 Å². The molecule has 23 heavy (non-hydrogen) atoms. The summed E-state index contributed by atoms with van der Waals surface area (Å²) in [5, 5.41) is 0. The highest BCUT2D eigenvalue weighted by Crippen LogP contribution is 2.43. The molecule has 0 spiro atoms. The van der Waals surface area contributed by atoms with Crippen molar-refractivity contribution in [2.45, 2.75) is 6.42 Å². The smallest absolute Gasteiger partial charge is 0.135 e. The minimum Gasteiger partial charge on any atom is -0.492 e. The lowest BCUT2D eigenvalue weighted by atomic mass is 10.2. The van der Waals surface area contributed by atoms with Crippen LogP contribution in [0, 0.1) is 0 Å². The van der Waals surface area contributed by atoms with Crippen LogP contribution in [0.2, 0.25) is 0 Å². The molecule has 0 radical (unpaired) electrons. The predicted octanol–water partition coefficient (Wildman–Crippen LogP) is 9.41. The van der Waals surface area contributed by atoms with Crippen LogP contribution in [-0.2, 0) is 6.42 Å². The van der Waals surface area contributed by atoms with Crippen LogP contribution >= 0.6 is 127 Å². The van der Waals surface area contributed by atoms with Crippen LogP contribution in [0.15, 0.2) is 47.9 Å². The quantitative estimate of drug-likeness (QED) is 0.221.